The Labute approximate surface area is 157 Å². The van der Waals surface area contributed by atoms with Gasteiger partial charge < -0.3 is 14.8 Å². The average Bonchev–Trinajstić information content (AvgIpc) is 2.63. The molecule has 2 aromatic carbocycles. The predicted molar refractivity (Wildman–Crippen MR) is 103 cm³/mol. The highest BCUT2D eigenvalue weighted by atomic mass is 35.5. The first-order valence-electron chi connectivity index (χ1n) is 7.94. The third-order valence-electron chi connectivity index (χ3n) is 3.68. The average molecular weight is 380 g/mol. The van der Waals surface area contributed by atoms with Crippen LogP contribution in [0.25, 0.3) is 0 Å². The molecule has 0 saturated heterocycles. The summed E-state index contributed by atoms with van der Waals surface area (Å²) in [5.74, 6) is 1.56. The zero-order chi connectivity index (χ0) is 18.2. The van der Waals surface area contributed by atoms with Gasteiger partial charge in [-0.1, -0.05) is 11.6 Å². The zero-order valence-electron chi connectivity index (χ0n) is 14.5. The van der Waals surface area contributed by atoms with Crippen LogP contribution in [0.15, 0.2) is 47.4 Å². The first kappa shape index (κ1) is 19.5. The van der Waals surface area contributed by atoms with Gasteiger partial charge in [-0.2, -0.15) is 0 Å². The second-order valence-electron chi connectivity index (χ2n) is 5.43. The smallest absolute Gasteiger partial charge is 0.233 e. The van der Waals surface area contributed by atoms with E-state index in [0.29, 0.717) is 18.0 Å². The van der Waals surface area contributed by atoms with E-state index in [4.69, 9.17) is 21.1 Å². The number of halogens is 1. The molecule has 134 valence electrons. The number of hydrogen-bond donors (Lipinski definition) is 1. The largest absolute Gasteiger partial charge is 0.497 e. The lowest BCUT2D eigenvalue weighted by Gasteiger charge is -2.14. The highest BCUT2D eigenvalue weighted by Gasteiger charge is 2.14. The van der Waals surface area contributed by atoms with Crippen molar-refractivity contribution in [3.8, 4) is 11.5 Å². The molecule has 4 nitrogen and oxygen atoms in total. The predicted octanol–water partition coefficient (Wildman–Crippen LogP) is 4.20. The minimum Gasteiger partial charge on any atom is -0.497 e. The Hall–Kier alpha value is -1.85. The molecule has 1 N–H and O–H groups in total. The molecule has 2 rings (SSSR count). The van der Waals surface area contributed by atoms with Crippen LogP contribution in [0.4, 0.5) is 0 Å². The van der Waals surface area contributed by atoms with Gasteiger partial charge in [0.1, 0.15) is 11.5 Å². The van der Waals surface area contributed by atoms with Gasteiger partial charge in [-0.15, -0.1) is 11.8 Å². The van der Waals surface area contributed by atoms with E-state index in [0.717, 1.165) is 22.0 Å². The van der Waals surface area contributed by atoms with Crippen LogP contribution in [0.1, 0.15) is 12.5 Å². The fraction of sp³-hybridized carbons (Fsp3) is 0.316. The summed E-state index contributed by atoms with van der Waals surface area (Å²) >= 11 is 7.38. The van der Waals surface area contributed by atoms with Crippen LogP contribution in [-0.4, -0.2) is 31.9 Å². The monoisotopic (exact) mass is 379 g/mol. The van der Waals surface area contributed by atoms with E-state index in [2.05, 4.69) is 5.32 Å². The van der Waals surface area contributed by atoms with Gasteiger partial charge in [-0.05, 0) is 61.4 Å². The molecule has 0 aliphatic rings. The van der Waals surface area contributed by atoms with Crippen molar-refractivity contribution in [3.63, 3.8) is 0 Å². The summed E-state index contributed by atoms with van der Waals surface area (Å²) in [4.78, 5) is 13.3. The molecule has 0 fully saturated rings. The number of benzene rings is 2. The minimum absolute atomic E-state index is 0.00168. The quantitative estimate of drug-likeness (QED) is 0.698. The number of ether oxygens (including phenoxy) is 2. The zero-order valence-corrected chi connectivity index (χ0v) is 16.1. The number of thioether (sulfide) groups is 1. The normalized spacial score (nSPS) is 11.7. The molecule has 6 heteroatoms. The van der Waals surface area contributed by atoms with Gasteiger partial charge in [0.05, 0.1) is 19.5 Å². The maximum atomic E-state index is 12.3. The van der Waals surface area contributed by atoms with E-state index in [1.807, 2.05) is 49.4 Å². The third kappa shape index (κ3) is 5.87. The summed E-state index contributed by atoms with van der Waals surface area (Å²) in [6, 6.07) is 13.1. The van der Waals surface area contributed by atoms with Crippen molar-refractivity contribution in [2.24, 2.45) is 0 Å². The molecule has 1 amide bonds. The summed E-state index contributed by atoms with van der Waals surface area (Å²) in [7, 11) is 3.26. The van der Waals surface area contributed by atoms with Crippen molar-refractivity contribution >= 4 is 29.3 Å². The molecule has 0 aliphatic heterocycles. The van der Waals surface area contributed by atoms with Gasteiger partial charge in [0.25, 0.3) is 0 Å². The molecule has 0 radical (unpaired) electrons. The van der Waals surface area contributed by atoms with Gasteiger partial charge in [0, 0.05) is 16.5 Å². The first-order valence-corrected chi connectivity index (χ1v) is 9.20. The van der Waals surface area contributed by atoms with Gasteiger partial charge in [-0.25, -0.2) is 0 Å². The summed E-state index contributed by atoms with van der Waals surface area (Å²) in [5.41, 5.74) is 1.00. The molecule has 25 heavy (non-hydrogen) atoms. The number of rotatable bonds is 8. The maximum absolute atomic E-state index is 12.3. The van der Waals surface area contributed by atoms with E-state index in [1.165, 1.54) is 11.8 Å². The Morgan fingerprint density at radius 2 is 1.88 bits per heavy atom. The van der Waals surface area contributed by atoms with E-state index >= 15 is 0 Å². The Morgan fingerprint density at radius 3 is 2.52 bits per heavy atom. The standard InChI is InChI=1S/C19H22ClNO3S/c1-13(25-17-7-4-15(20)5-8-17)19(22)21-11-10-14-12-16(23-2)6-9-18(14)24-3/h4-9,12-13H,10-11H2,1-3H3,(H,21,22). The molecule has 0 bridgehead atoms. The van der Waals surface area contributed by atoms with Gasteiger partial charge >= 0.3 is 0 Å². The van der Waals surface area contributed by atoms with Crippen LogP contribution < -0.4 is 14.8 Å². The first-order chi connectivity index (χ1) is 12.0. The van der Waals surface area contributed by atoms with E-state index < -0.39 is 0 Å². The molecular formula is C19H22ClNO3S. The molecular weight excluding hydrogens is 358 g/mol. The van der Waals surface area contributed by atoms with Gasteiger partial charge in [0.2, 0.25) is 5.91 Å². The van der Waals surface area contributed by atoms with Crippen molar-refractivity contribution in [2.75, 3.05) is 20.8 Å². The number of carbonyl (C=O) groups is 1. The number of hydrogen-bond acceptors (Lipinski definition) is 4. The summed E-state index contributed by atoms with van der Waals surface area (Å²) in [5, 5.41) is 3.47. The van der Waals surface area contributed by atoms with Crippen molar-refractivity contribution in [3.05, 3.63) is 53.1 Å². The summed E-state index contributed by atoms with van der Waals surface area (Å²) < 4.78 is 10.6. The Bertz CT molecular complexity index is 706. The molecule has 1 unspecified atom stereocenters. The summed E-state index contributed by atoms with van der Waals surface area (Å²) in [6.45, 7) is 2.43. The molecule has 1 atom stereocenters. The van der Waals surface area contributed by atoms with Crippen molar-refractivity contribution < 1.29 is 14.3 Å². The highest BCUT2D eigenvalue weighted by Crippen LogP contribution is 2.25. The number of carbonyl (C=O) groups excluding carboxylic acids is 1. The minimum atomic E-state index is -0.187. The van der Waals surface area contributed by atoms with Gasteiger partial charge in [0.15, 0.2) is 0 Å². The Kier molecular flexibility index (Phi) is 7.47. The lowest BCUT2D eigenvalue weighted by atomic mass is 10.1. The molecule has 0 heterocycles. The molecule has 0 saturated carbocycles. The lowest BCUT2D eigenvalue weighted by molar-refractivity contribution is -0.120. The Balaban J connectivity index is 1.86. The lowest BCUT2D eigenvalue weighted by Crippen LogP contribution is -2.32. The maximum Gasteiger partial charge on any atom is 0.233 e. The third-order valence-corrected chi connectivity index (χ3v) is 5.04. The number of methoxy groups -OCH3 is 2. The summed E-state index contributed by atoms with van der Waals surface area (Å²) in [6.07, 6.45) is 0.671. The van der Waals surface area contributed by atoms with Crippen LogP contribution in [0.2, 0.25) is 5.02 Å². The van der Waals surface area contributed by atoms with Crippen LogP contribution in [-0.2, 0) is 11.2 Å². The van der Waals surface area contributed by atoms with Crippen LogP contribution in [0.3, 0.4) is 0 Å². The molecule has 2 aromatic rings. The Morgan fingerprint density at radius 1 is 1.16 bits per heavy atom. The second-order valence-corrected chi connectivity index (χ2v) is 7.28. The van der Waals surface area contributed by atoms with E-state index in [1.54, 1.807) is 14.2 Å². The second kappa shape index (κ2) is 9.59. The SMILES string of the molecule is COc1ccc(OC)c(CCNC(=O)C(C)Sc2ccc(Cl)cc2)c1. The topological polar surface area (TPSA) is 47.6 Å². The van der Waals surface area contributed by atoms with Crippen molar-refractivity contribution in [1.29, 1.82) is 0 Å². The highest BCUT2D eigenvalue weighted by molar-refractivity contribution is 8.00. The number of nitrogens with one attached hydrogen (secondary N) is 1. The van der Waals surface area contributed by atoms with E-state index in [9.17, 15) is 4.79 Å². The van der Waals surface area contributed by atoms with Crippen LogP contribution in [0, 0.1) is 0 Å². The van der Waals surface area contributed by atoms with Gasteiger partial charge in [-0.3, -0.25) is 4.79 Å². The van der Waals surface area contributed by atoms with E-state index in [-0.39, 0.29) is 11.2 Å². The fourth-order valence-corrected chi connectivity index (χ4v) is 3.33. The molecule has 0 aromatic heterocycles. The fourth-order valence-electron chi connectivity index (χ4n) is 2.31. The number of amides is 1. The van der Waals surface area contributed by atoms with Crippen molar-refractivity contribution in [1.82, 2.24) is 5.32 Å². The van der Waals surface area contributed by atoms with Crippen LogP contribution in [0.5, 0.6) is 11.5 Å². The molecule has 0 aliphatic carbocycles. The van der Waals surface area contributed by atoms with Crippen molar-refractivity contribution in [2.45, 2.75) is 23.5 Å². The molecule has 0 spiro atoms. The van der Waals surface area contributed by atoms with Crippen LogP contribution >= 0.6 is 23.4 Å².